The molecule has 1 aromatic heterocycles. The number of fused-ring (bicyclic) bond motifs is 1. The molecule has 4 N–H and O–H groups in total. The van der Waals surface area contributed by atoms with Crippen LogP contribution in [0.15, 0.2) is 38.9 Å². The predicted octanol–water partition coefficient (Wildman–Crippen LogP) is -0.538. The van der Waals surface area contributed by atoms with Crippen LogP contribution >= 0.6 is 11.8 Å². The van der Waals surface area contributed by atoms with E-state index in [0.29, 0.717) is 0 Å². The van der Waals surface area contributed by atoms with Crippen LogP contribution in [0.5, 0.6) is 0 Å². The van der Waals surface area contributed by atoms with Crippen molar-refractivity contribution in [2.75, 3.05) is 13.7 Å². The third-order valence-electron chi connectivity index (χ3n) is 4.12. The van der Waals surface area contributed by atoms with Crippen molar-refractivity contribution in [3.63, 3.8) is 0 Å². The maximum Gasteiger partial charge on any atom is 0.404 e. The number of nitrogens with two attached hydrogens (primary N) is 1. The molecular formula is C16H16N4O8S. The number of carbonyl (C=O) groups excluding carboxylic acids is 3. The molecule has 0 saturated carbocycles. The van der Waals surface area contributed by atoms with E-state index in [0.717, 1.165) is 16.7 Å². The van der Waals surface area contributed by atoms with E-state index in [1.165, 1.54) is 24.8 Å². The van der Waals surface area contributed by atoms with Crippen LogP contribution in [0.1, 0.15) is 5.76 Å². The number of hydrogen-bond donors (Lipinski definition) is 3. The zero-order chi connectivity index (χ0) is 21.1. The lowest BCUT2D eigenvalue weighted by Crippen LogP contribution is -2.74. The van der Waals surface area contributed by atoms with Crippen molar-refractivity contribution in [2.24, 2.45) is 10.9 Å². The number of primary amides is 1. The Labute approximate surface area is 167 Å². The molecule has 2 aliphatic rings. The Hall–Kier alpha value is -3.48. The number of amides is 3. The second-order valence-electron chi connectivity index (χ2n) is 5.86. The Balaban J connectivity index is 1.75. The number of furan rings is 1. The summed E-state index contributed by atoms with van der Waals surface area (Å²) in [5, 5.41) is 16.5. The van der Waals surface area contributed by atoms with E-state index in [-0.39, 0.29) is 23.7 Å². The molecule has 0 unspecified atom stereocenters. The molecule has 3 heterocycles. The fraction of sp³-hybridized carbons (Fsp3) is 0.312. The number of ether oxygens (including phenoxy) is 1. The molecule has 3 atom stereocenters. The zero-order valence-corrected chi connectivity index (χ0v) is 15.8. The number of aliphatic carboxylic acids is 1. The van der Waals surface area contributed by atoms with Crippen LogP contribution in [-0.4, -0.2) is 70.8 Å². The number of rotatable bonds is 7. The van der Waals surface area contributed by atoms with Crippen molar-refractivity contribution in [1.29, 1.82) is 0 Å². The minimum Gasteiger partial charge on any atom is -0.479 e. The number of hydrogen-bond acceptors (Lipinski definition) is 9. The standard InChI is InChI=1S/C16H16N4O8S/c1-26-19-9(8-3-2-4-27-8)12(21)18-10-13(22)20-11(15(23)24)7(5-28-16(17)25)6-29-14(10)20/h2-4,6,10-11,14H,5H2,1H3,(H2,17,25)(H,18,21)(H,23,24)/b19-9+/t10-,11+,14-/m1/s1. The summed E-state index contributed by atoms with van der Waals surface area (Å²) in [6, 6.07) is 0.731. The molecular weight excluding hydrogens is 408 g/mol. The van der Waals surface area contributed by atoms with E-state index >= 15 is 0 Å². The summed E-state index contributed by atoms with van der Waals surface area (Å²) in [6.07, 6.45) is 0.281. The monoisotopic (exact) mass is 424 g/mol. The van der Waals surface area contributed by atoms with Gasteiger partial charge in [0.05, 0.1) is 6.26 Å². The fourth-order valence-electron chi connectivity index (χ4n) is 2.90. The molecule has 1 saturated heterocycles. The van der Waals surface area contributed by atoms with Crippen molar-refractivity contribution in [3.05, 3.63) is 35.1 Å². The summed E-state index contributed by atoms with van der Waals surface area (Å²) in [5.74, 6) is -2.49. The number of thioether (sulfide) groups is 1. The highest BCUT2D eigenvalue weighted by Gasteiger charge is 2.56. The van der Waals surface area contributed by atoms with E-state index in [4.69, 9.17) is 10.2 Å². The highest BCUT2D eigenvalue weighted by atomic mass is 32.2. The lowest BCUT2D eigenvalue weighted by Gasteiger charge is -2.51. The van der Waals surface area contributed by atoms with E-state index in [1.807, 2.05) is 0 Å². The third kappa shape index (κ3) is 3.89. The highest BCUT2D eigenvalue weighted by molar-refractivity contribution is 8.02. The summed E-state index contributed by atoms with van der Waals surface area (Å²) < 4.78 is 9.78. The molecule has 154 valence electrons. The van der Waals surface area contributed by atoms with Gasteiger partial charge in [0.15, 0.2) is 11.8 Å². The van der Waals surface area contributed by atoms with Crippen molar-refractivity contribution in [1.82, 2.24) is 10.2 Å². The van der Waals surface area contributed by atoms with E-state index in [9.17, 15) is 24.3 Å². The molecule has 13 heteroatoms. The molecule has 12 nitrogen and oxygen atoms in total. The van der Waals surface area contributed by atoms with Gasteiger partial charge in [-0.25, -0.2) is 9.59 Å². The number of carbonyl (C=O) groups is 4. The Morgan fingerprint density at radius 1 is 1.45 bits per heavy atom. The van der Waals surface area contributed by atoms with Crippen molar-refractivity contribution >= 4 is 41.4 Å². The number of oxime groups is 1. The maximum atomic E-state index is 12.6. The average molecular weight is 424 g/mol. The summed E-state index contributed by atoms with van der Waals surface area (Å²) in [6.45, 7) is -0.365. The topological polar surface area (TPSA) is 174 Å². The molecule has 3 rings (SSSR count). The lowest BCUT2D eigenvalue weighted by atomic mass is 9.98. The first-order valence-electron chi connectivity index (χ1n) is 8.12. The van der Waals surface area contributed by atoms with Gasteiger partial charge in [0.25, 0.3) is 5.91 Å². The zero-order valence-electron chi connectivity index (χ0n) is 14.9. The first-order chi connectivity index (χ1) is 13.8. The van der Waals surface area contributed by atoms with Gasteiger partial charge in [0.1, 0.15) is 25.1 Å². The average Bonchev–Trinajstić information content (AvgIpc) is 3.21. The summed E-state index contributed by atoms with van der Waals surface area (Å²) in [5.41, 5.74) is 4.92. The normalized spacial score (nSPS) is 23.4. The van der Waals surface area contributed by atoms with E-state index in [2.05, 4.69) is 20.0 Å². The van der Waals surface area contributed by atoms with Crippen LogP contribution in [0.25, 0.3) is 0 Å². The summed E-state index contributed by atoms with van der Waals surface area (Å²) >= 11 is 1.11. The lowest BCUT2D eigenvalue weighted by molar-refractivity contribution is -0.160. The van der Waals surface area contributed by atoms with Crippen LogP contribution in [0, 0.1) is 0 Å². The number of carboxylic acids is 1. The van der Waals surface area contributed by atoms with Crippen molar-refractivity contribution in [3.8, 4) is 0 Å². The molecule has 29 heavy (non-hydrogen) atoms. The molecule has 0 aliphatic carbocycles. The number of carboxylic acid groups (broad SMARTS) is 1. The molecule has 0 bridgehead atoms. The van der Waals surface area contributed by atoms with Gasteiger partial charge in [-0.2, -0.15) is 0 Å². The van der Waals surface area contributed by atoms with Gasteiger partial charge in [0, 0.05) is 5.57 Å². The highest BCUT2D eigenvalue weighted by Crippen LogP contribution is 2.40. The first-order valence-corrected chi connectivity index (χ1v) is 9.07. The third-order valence-corrected chi connectivity index (χ3v) is 5.34. The molecule has 1 aromatic rings. The van der Waals surface area contributed by atoms with Crippen LogP contribution in [0.4, 0.5) is 4.79 Å². The van der Waals surface area contributed by atoms with Gasteiger partial charge in [-0.3, -0.25) is 9.59 Å². The largest absolute Gasteiger partial charge is 0.479 e. The first kappa shape index (κ1) is 20.3. The molecule has 2 aliphatic heterocycles. The van der Waals surface area contributed by atoms with Gasteiger partial charge in [-0.05, 0) is 17.5 Å². The quantitative estimate of drug-likeness (QED) is 0.295. The molecule has 0 aromatic carbocycles. The summed E-state index contributed by atoms with van der Waals surface area (Å²) in [4.78, 5) is 53.3. The Morgan fingerprint density at radius 3 is 2.79 bits per heavy atom. The molecule has 0 radical (unpaired) electrons. The number of nitrogens with zero attached hydrogens (tertiary/aromatic N) is 2. The maximum absolute atomic E-state index is 12.6. The molecule has 3 amide bonds. The van der Waals surface area contributed by atoms with Gasteiger partial charge in [-0.15, -0.1) is 11.8 Å². The minimum absolute atomic E-state index is 0.137. The Morgan fingerprint density at radius 2 is 2.21 bits per heavy atom. The van der Waals surface area contributed by atoms with Gasteiger partial charge >= 0.3 is 12.1 Å². The SMILES string of the molecule is CO/N=C(/C(=O)N[C@@H]1C(=O)N2[C@H](C(=O)O)C(COC(N)=O)=CS[C@H]12)c1ccco1. The van der Waals surface area contributed by atoms with Crippen molar-refractivity contribution in [2.45, 2.75) is 17.5 Å². The van der Waals surface area contributed by atoms with Crippen LogP contribution in [0.2, 0.25) is 0 Å². The van der Waals surface area contributed by atoms with Crippen molar-refractivity contribution < 1.29 is 38.3 Å². The minimum atomic E-state index is -1.33. The van der Waals surface area contributed by atoms with E-state index in [1.54, 1.807) is 6.07 Å². The second-order valence-corrected chi connectivity index (χ2v) is 6.86. The van der Waals surface area contributed by atoms with Gasteiger partial charge in [0.2, 0.25) is 11.6 Å². The van der Waals surface area contributed by atoms with Crippen LogP contribution in [-0.2, 0) is 24.0 Å². The van der Waals surface area contributed by atoms with Crippen LogP contribution < -0.4 is 11.1 Å². The number of β-lactam (4-membered cyclic amide) rings is 1. The van der Waals surface area contributed by atoms with Gasteiger partial charge in [-0.1, -0.05) is 5.16 Å². The summed E-state index contributed by atoms with van der Waals surface area (Å²) in [7, 11) is 1.25. The smallest absolute Gasteiger partial charge is 0.404 e. The van der Waals surface area contributed by atoms with Gasteiger partial charge < -0.3 is 35.0 Å². The predicted molar refractivity (Wildman–Crippen MR) is 97.5 cm³/mol. The van der Waals surface area contributed by atoms with Crippen LogP contribution in [0.3, 0.4) is 0 Å². The Bertz CT molecular complexity index is 897. The molecule has 1 fully saturated rings. The second kappa shape index (κ2) is 8.26. The van der Waals surface area contributed by atoms with E-state index < -0.39 is 41.3 Å². The number of nitrogens with one attached hydrogen (secondary N) is 1. The Kier molecular flexibility index (Phi) is 5.77. The molecule has 0 spiro atoms. The fourth-order valence-corrected chi connectivity index (χ4v) is 4.10.